The molecule has 0 atom stereocenters. The SMILES string of the molecule is CN(Cc1cnc2nc(N)nc(N)c2n1)c1ccc(C(=O)OC(C)(C)CC(C)(C)C(=O)OC(C)(C)C)cc1. The molecule has 204 valence electrons. The van der Waals surface area contributed by atoms with Gasteiger partial charge in [-0.15, -0.1) is 0 Å². The molecule has 0 amide bonds. The normalized spacial score (nSPS) is 12.3. The maximum absolute atomic E-state index is 12.9. The van der Waals surface area contributed by atoms with Gasteiger partial charge in [0, 0.05) is 19.2 Å². The number of carbonyl (C=O) groups excluding carboxylic acids is 2. The third kappa shape index (κ3) is 7.27. The molecule has 0 radical (unpaired) electrons. The monoisotopic (exact) mass is 523 g/mol. The lowest BCUT2D eigenvalue weighted by molar-refractivity contribution is -0.169. The molecule has 0 aliphatic rings. The first-order valence-electron chi connectivity index (χ1n) is 12.3. The number of nitrogen functional groups attached to an aromatic ring is 2. The number of carbonyl (C=O) groups is 2. The van der Waals surface area contributed by atoms with E-state index in [9.17, 15) is 9.59 Å². The molecular weight excluding hydrogens is 486 g/mol. The first-order chi connectivity index (χ1) is 17.5. The second kappa shape index (κ2) is 10.4. The number of rotatable bonds is 8. The second-order valence-electron chi connectivity index (χ2n) is 11.6. The van der Waals surface area contributed by atoms with Crippen LogP contribution in [0.25, 0.3) is 11.2 Å². The van der Waals surface area contributed by atoms with Crippen LogP contribution in [0.4, 0.5) is 17.5 Å². The lowest BCUT2D eigenvalue weighted by atomic mass is 9.81. The van der Waals surface area contributed by atoms with Gasteiger partial charge in [0.25, 0.3) is 0 Å². The molecule has 0 aliphatic carbocycles. The van der Waals surface area contributed by atoms with Gasteiger partial charge in [-0.2, -0.15) is 9.97 Å². The minimum Gasteiger partial charge on any atom is -0.460 e. The van der Waals surface area contributed by atoms with Crippen LogP contribution in [-0.2, 0) is 20.8 Å². The molecule has 3 rings (SSSR count). The second-order valence-corrected chi connectivity index (χ2v) is 11.6. The molecule has 38 heavy (non-hydrogen) atoms. The zero-order valence-electron chi connectivity index (χ0n) is 23.3. The molecule has 0 bridgehead atoms. The Hall–Kier alpha value is -4.02. The Balaban J connectivity index is 1.65. The van der Waals surface area contributed by atoms with Gasteiger partial charge in [-0.3, -0.25) is 4.79 Å². The molecule has 4 N–H and O–H groups in total. The summed E-state index contributed by atoms with van der Waals surface area (Å²) in [6.07, 6.45) is 1.91. The first kappa shape index (κ1) is 28.5. The van der Waals surface area contributed by atoms with E-state index in [2.05, 4.69) is 19.9 Å². The van der Waals surface area contributed by atoms with Gasteiger partial charge >= 0.3 is 11.9 Å². The van der Waals surface area contributed by atoms with Crippen LogP contribution in [-0.4, -0.2) is 50.1 Å². The van der Waals surface area contributed by atoms with Crippen LogP contribution in [0.3, 0.4) is 0 Å². The Morgan fingerprint density at radius 2 is 1.55 bits per heavy atom. The predicted octanol–water partition coefficient (Wildman–Crippen LogP) is 3.91. The Morgan fingerprint density at radius 1 is 0.921 bits per heavy atom. The molecule has 0 fully saturated rings. The molecule has 0 unspecified atom stereocenters. The predicted molar refractivity (Wildman–Crippen MR) is 146 cm³/mol. The smallest absolute Gasteiger partial charge is 0.338 e. The standard InChI is InChI=1S/C27H37N7O4/c1-25(2,3)38-23(36)26(4,5)15-27(6,7)37-22(35)16-9-11-18(12-10-16)34(8)14-17-13-30-21-19(31-17)20(28)32-24(29)33-21/h9-13H,14-15H2,1-8H3,(H4,28,29,30,32,33). The van der Waals surface area contributed by atoms with Gasteiger partial charge < -0.3 is 25.8 Å². The summed E-state index contributed by atoms with van der Waals surface area (Å²) in [4.78, 5) is 44.3. The molecule has 3 aromatic rings. The Kier molecular flexibility index (Phi) is 7.81. The van der Waals surface area contributed by atoms with E-state index in [1.165, 1.54) is 0 Å². The summed E-state index contributed by atoms with van der Waals surface area (Å²) in [5.74, 6) is -0.594. The van der Waals surface area contributed by atoms with E-state index in [-0.39, 0.29) is 17.7 Å². The Labute approximate surface area is 223 Å². The summed E-state index contributed by atoms with van der Waals surface area (Å²) >= 11 is 0. The molecule has 0 aliphatic heterocycles. The molecule has 11 nitrogen and oxygen atoms in total. The van der Waals surface area contributed by atoms with Crippen molar-refractivity contribution in [3.63, 3.8) is 0 Å². The van der Waals surface area contributed by atoms with Crippen molar-refractivity contribution in [3.05, 3.63) is 41.7 Å². The highest BCUT2D eigenvalue weighted by Crippen LogP contribution is 2.33. The summed E-state index contributed by atoms with van der Waals surface area (Å²) in [6, 6.07) is 7.04. The molecule has 0 saturated carbocycles. The van der Waals surface area contributed by atoms with Gasteiger partial charge in [-0.1, -0.05) is 0 Å². The van der Waals surface area contributed by atoms with Crippen molar-refractivity contribution in [1.82, 2.24) is 19.9 Å². The molecular formula is C27H37N7O4. The quantitative estimate of drug-likeness (QED) is 0.412. The average molecular weight is 524 g/mol. The number of fused-ring (bicyclic) bond motifs is 1. The zero-order chi connectivity index (χ0) is 28.5. The maximum atomic E-state index is 12.9. The van der Waals surface area contributed by atoms with Gasteiger partial charge in [-0.05, 0) is 72.7 Å². The summed E-state index contributed by atoms with van der Waals surface area (Å²) in [5.41, 5.74) is 11.9. The Morgan fingerprint density at radius 3 is 2.16 bits per heavy atom. The van der Waals surface area contributed by atoms with Gasteiger partial charge in [-0.25, -0.2) is 14.8 Å². The number of hydrogen-bond acceptors (Lipinski definition) is 11. The highest BCUT2D eigenvalue weighted by molar-refractivity contribution is 5.90. The third-order valence-corrected chi connectivity index (χ3v) is 5.63. The minimum atomic E-state index is -0.891. The fraction of sp³-hybridized carbons (Fsp3) is 0.481. The van der Waals surface area contributed by atoms with E-state index < -0.39 is 22.6 Å². The summed E-state index contributed by atoms with van der Waals surface area (Å²) in [5, 5.41) is 0. The van der Waals surface area contributed by atoms with Crippen molar-refractivity contribution >= 4 is 40.6 Å². The van der Waals surface area contributed by atoms with Crippen LogP contribution < -0.4 is 16.4 Å². The van der Waals surface area contributed by atoms with Gasteiger partial charge in [0.05, 0.1) is 29.4 Å². The van der Waals surface area contributed by atoms with Crippen molar-refractivity contribution in [3.8, 4) is 0 Å². The van der Waals surface area contributed by atoms with Crippen LogP contribution in [0.2, 0.25) is 0 Å². The van der Waals surface area contributed by atoms with E-state index in [1.807, 2.05) is 44.9 Å². The highest BCUT2D eigenvalue weighted by Gasteiger charge is 2.39. The minimum absolute atomic E-state index is 0.0444. The van der Waals surface area contributed by atoms with Crippen LogP contribution in [0.5, 0.6) is 0 Å². The van der Waals surface area contributed by atoms with E-state index >= 15 is 0 Å². The molecule has 0 spiro atoms. The molecule has 1 aromatic carbocycles. The molecule has 0 saturated heterocycles. The van der Waals surface area contributed by atoms with E-state index in [0.717, 1.165) is 5.69 Å². The first-order valence-corrected chi connectivity index (χ1v) is 12.3. The van der Waals surface area contributed by atoms with Crippen molar-refractivity contribution < 1.29 is 19.1 Å². The van der Waals surface area contributed by atoms with Crippen LogP contribution in [0.15, 0.2) is 30.5 Å². The van der Waals surface area contributed by atoms with Crippen molar-refractivity contribution in [2.75, 3.05) is 23.4 Å². The van der Waals surface area contributed by atoms with Gasteiger partial charge in [0.15, 0.2) is 17.0 Å². The average Bonchev–Trinajstić information content (AvgIpc) is 2.77. The number of ether oxygens (including phenoxy) is 2. The number of aromatic nitrogens is 4. The largest absolute Gasteiger partial charge is 0.460 e. The van der Waals surface area contributed by atoms with Crippen molar-refractivity contribution in [1.29, 1.82) is 0 Å². The van der Waals surface area contributed by atoms with Gasteiger partial charge in [0.2, 0.25) is 5.95 Å². The number of nitrogens with two attached hydrogens (primary N) is 2. The van der Waals surface area contributed by atoms with Crippen LogP contribution >= 0.6 is 0 Å². The van der Waals surface area contributed by atoms with Crippen LogP contribution in [0.1, 0.15) is 70.9 Å². The topological polar surface area (TPSA) is 159 Å². The van der Waals surface area contributed by atoms with Crippen molar-refractivity contribution in [2.45, 2.75) is 72.6 Å². The third-order valence-electron chi connectivity index (χ3n) is 5.63. The molecule has 11 heteroatoms. The molecule has 2 heterocycles. The highest BCUT2D eigenvalue weighted by atomic mass is 16.6. The van der Waals surface area contributed by atoms with Gasteiger partial charge in [0.1, 0.15) is 11.2 Å². The van der Waals surface area contributed by atoms with E-state index in [1.54, 1.807) is 46.0 Å². The fourth-order valence-corrected chi connectivity index (χ4v) is 4.14. The molecule has 2 aromatic heterocycles. The van der Waals surface area contributed by atoms with E-state index in [0.29, 0.717) is 35.4 Å². The van der Waals surface area contributed by atoms with Crippen molar-refractivity contribution in [2.24, 2.45) is 5.41 Å². The zero-order valence-corrected chi connectivity index (χ0v) is 23.3. The van der Waals surface area contributed by atoms with Crippen LogP contribution in [0, 0.1) is 5.41 Å². The lowest BCUT2D eigenvalue weighted by Gasteiger charge is -2.35. The number of esters is 2. The van der Waals surface area contributed by atoms with E-state index in [4.69, 9.17) is 20.9 Å². The summed E-state index contributed by atoms with van der Waals surface area (Å²) in [6.45, 7) is 13.1. The Bertz CT molecular complexity index is 1330. The lowest BCUT2D eigenvalue weighted by Crippen LogP contribution is -2.40. The fourth-order valence-electron chi connectivity index (χ4n) is 4.14. The number of anilines is 3. The summed E-state index contributed by atoms with van der Waals surface area (Å²) in [7, 11) is 1.89. The number of nitrogens with zero attached hydrogens (tertiary/aromatic N) is 5. The maximum Gasteiger partial charge on any atom is 0.338 e. The number of hydrogen-bond donors (Lipinski definition) is 2. The number of benzene rings is 1. The summed E-state index contributed by atoms with van der Waals surface area (Å²) < 4.78 is 11.3.